The maximum absolute atomic E-state index is 12.1. The fourth-order valence-corrected chi connectivity index (χ4v) is 1.71. The van der Waals surface area contributed by atoms with Gasteiger partial charge in [0.25, 0.3) is 5.56 Å². The van der Waals surface area contributed by atoms with E-state index in [2.05, 4.69) is 16.5 Å². The quantitative estimate of drug-likeness (QED) is 0.594. The molecule has 0 aromatic carbocycles. The Hall–Kier alpha value is -2.57. The Kier molecular flexibility index (Phi) is 3.13. The summed E-state index contributed by atoms with van der Waals surface area (Å²) in [7, 11) is 0. The van der Waals surface area contributed by atoms with Gasteiger partial charge in [-0.1, -0.05) is 6.08 Å². The molecule has 0 unspecified atom stereocenters. The smallest absolute Gasteiger partial charge is 0.333 e. The number of hydrogen-bond donors (Lipinski definition) is 2. The zero-order valence-corrected chi connectivity index (χ0v) is 9.54. The summed E-state index contributed by atoms with van der Waals surface area (Å²) in [5.41, 5.74) is -0.402. The molecular weight excluding hydrogens is 236 g/mol. The van der Waals surface area contributed by atoms with Crippen LogP contribution in [-0.2, 0) is 13.1 Å². The van der Waals surface area contributed by atoms with Crippen molar-refractivity contribution >= 4 is 11.2 Å². The molecule has 2 aromatic rings. The third kappa shape index (κ3) is 1.75. The fraction of sp³-hybridized carbons (Fsp3) is 0.182. The molecule has 0 saturated heterocycles. The van der Waals surface area contributed by atoms with Gasteiger partial charge in [-0.2, -0.15) is 0 Å². The van der Waals surface area contributed by atoms with Crippen LogP contribution in [0.25, 0.3) is 11.2 Å². The summed E-state index contributed by atoms with van der Waals surface area (Å²) >= 11 is 0. The Balaban J connectivity index is 2.81. The highest BCUT2D eigenvalue weighted by atomic mass is 16.2. The van der Waals surface area contributed by atoms with Crippen LogP contribution in [0.15, 0.2) is 40.9 Å². The zero-order valence-electron chi connectivity index (χ0n) is 9.54. The molecule has 0 saturated carbocycles. The second-order valence-electron chi connectivity index (χ2n) is 3.58. The van der Waals surface area contributed by atoms with Gasteiger partial charge >= 0.3 is 5.69 Å². The first-order chi connectivity index (χ1) is 8.70. The second-order valence-corrected chi connectivity index (χ2v) is 3.58. The van der Waals surface area contributed by atoms with Crippen molar-refractivity contribution in [3.05, 3.63) is 52.2 Å². The number of nitrogens with one attached hydrogen (secondary N) is 1. The Morgan fingerprint density at radius 1 is 1.39 bits per heavy atom. The average Bonchev–Trinajstić information content (AvgIpc) is 2.84. The monoisotopic (exact) mass is 248 g/mol. The SMILES string of the molecule is C=CCn1c(=O)n(CC=CO)c(=O)c2[nH]cnc21. The van der Waals surface area contributed by atoms with Crippen molar-refractivity contribution in [1.82, 2.24) is 19.1 Å². The number of imidazole rings is 1. The molecule has 0 spiro atoms. The predicted octanol–water partition coefficient (Wildman–Crippen LogP) is 0.144. The summed E-state index contributed by atoms with van der Waals surface area (Å²) in [6, 6.07) is 0. The van der Waals surface area contributed by atoms with E-state index in [1.54, 1.807) is 6.08 Å². The van der Waals surface area contributed by atoms with Gasteiger partial charge in [0.2, 0.25) is 0 Å². The van der Waals surface area contributed by atoms with Crippen molar-refractivity contribution < 1.29 is 5.11 Å². The third-order valence-electron chi connectivity index (χ3n) is 2.50. The first kappa shape index (κ1) is 11.9. The molecule has 2 rings (SSSR count). The Morgan fingerprint density at radius 3 is 2.83 bits per heavy atom. The number of nitrogens with zero attached hydrogens (tertiary/aromatic N) is 3. The van der Waals surface area contributed by atoms with Gasteiger partial charge in [-0.05, 0) is 6.08 Å². The van der Waals surface area contributed by atoms with E-state index in [4.69, 9.17) is 5.11 Å². The molecule has 0 radical (unpaired) electrons. The van der Waals surface area contributed by atoms with E-state index in [1.165, 1.54) is 17.0 Å². The Morgan fingerprint density at radius 2 is 2.17 bits per heavy atom. The van der Waals surface area contributed by atoms with Gasteiger partial charge in [0.1, 0.15) is 5.52 Å². The number of rotatable bonds is 4. The van der Waals surface area contributed by atoms with E-state index in [9.17, 15) is 9.59 Å². The zero-order chi connectivity index (χ0) is 13.1. The van der Waals surface area contributed by atoms with Crippen LogP contribution in [0.3, 0.4) is 0 Å². The number of aromatic amines is 1. The van der Waals surface area contributed by atoms with E-state index < -0.39 is 11.2 Å². The highest BCUT2D eigenvalue weighted by Gasteiger charge is 2.13. The van der Waals surface area contributed by atoms with Crippen molar-refractivity contribution in [3.8, 4) is 0 Å². The van der Waals surface area contributed by atoms with Gasteiger partial charge in [-0.15, -0.1) is 6.58 Å². The van der Waals surface area contributed by atoms with Crippen LogP contribution < -0.4 is 11.2 Å². The maximum atomic E-state index is 12.1. The first-order valence-electron chi connectivity index (χ1n) is 5.27. The molecule has 0 atom stereocenters. The van der Waals surface area contributed by atoms with Crippen LogP contribution in [0.1, 0.15) is 0 Å². The van der Waals surface area contributed by atoms with Gasteiger partial charge in [-0.25, -0.2) is 9.78 Å². The highest BCUT2D eigenvalue weighted by Crippen LogP contribution is 2.01. The normalized spacial score (nSPS) is 11.3. The van der Waals surface area contributed by atoms with Gasteiger partial charge in [0, 0.05) is 6.54 Å². The number of aromatic nitrogens is 4. The van der Waals surface area contributed by atoms with Crippen LogP contribution >= 0.6 is 0 Å². The van der Waals surface area contributed by atoms with Crippen LogP contribution in [0, 0.1) is 0 Å². The molecule has 0 aliphatic carbocycles. The lowest BCUT2D eigenvalue weighted by molar-refractivity contribution is 0.468. The summed E-state index contributed by atoms with van der Waals surface area (Å²) in [4.78, 5) is 30.8. The average molecular weight is 248 g/mol. The highest BCUT2D eigenvalue weighted by molar-refractivity contribution is 5.68. The summed E-state index contributed by atoms with van der Waals surface area (Å²) in [5, 5.41) is 8.61. The molecule has 2 N–H and O–H groups in total. The molecule has 7 nitrogen and oxygen atoms in total. The van der Waals surface area contributed by atoms with Crippen molar-refractivity contribution in [3.63, 3.8) is 0 Å². The van der Waals surface area contributed by atoms with E-state index in [-0.39, 0.29) is 18.6 Å². The van der Waals surface area contributed by atoms with Gasteiger partial charge in [-0.3, -0.25) is 13.9 Å². The van der Waals surface area contributed by atoms with E-state index in [1.807, 2.05) is 0 Å². The lowest BCUT2D eigenvalue weighted by Gasteiger charge is -2.07. The summed E-state index contributed by atoms with van der Waals surface area (Å²) in [6.45, 7) is 3.82. The minimum Gasteiger partial charge on any atom is -0.516 e. The third-order valence-corrected chi connectivity index (χ3v) is 2.50. The summed E-state index contributed by atoms with van der Waals surface area (Å²) in [6.07, 6.45) is 5.01. The van der Waals surface area contributed by atoms with Gasteiger partial charge in [0.15, 0.2) is 5.65 Å². The number of H-pyrrole nitrogens is 1. The number of aliphatic hydroxyl groups is 1. The van der Waals surface area contributed by atoms with Crippen LogP contribution in [0.5, 0.6) is 0 Å². The van der Waals surface area contributed by atoms with Crippen molar-refractivity contribution in [2.24, 2.45) is 0 Å². The van der Waals surface area contributed by atoms with Crippen molar-refractivity contribution in [1.29, 1.82) is 0 Å². The van der Waals surface area contributed by atoms with Crippen molar-refractivity contribution in [2.45, 2.75) is 13.1 Å². The maximum Gasteiger partial charge on any atom is 0.333 e. The minimum absolute atomic E-state index is 0.000267. The summed E-state index contributed by atoms with van der Waals surface area (Å²) in [5.74, 6) is 0. The molecule has 18 heavy (non-hydrogen) atoms. The van der Waals surface area contributed by atoms with Crippen LogP contribution in [0.2, 0.25) is 0 Å². The van der Waals surface area contributed by atoms with E-state index in [0.717, 1.165) is 10.8 Å². The topological polar surface area (TPSA) is 92.9 Å². The van der Waals surface area contributed by atoms with Gasteiger partial charge < -0.3 is 10.1 Å². The standard InChI is InChI=1S/C11H12N4O3/c1-2-4-14-9-8(12-7-13-9)10(17)15(11(14)18)5-3-6-16/h2-3,6-7,16H,1,4-5H2,(H,12,13). The lowest BCUT2D eigenvalue weighted by atomic mass is 10.4. The fourth-order valence-electron chi connectivity index (χ4n) is 1.71. The first-order valence-corrected chi connectivity index (χ1v) is 5.27. The largest absolute Gasteiger partial charge is 0.516 e. The van der Waals surface area contributed by atoms with E-state index in [0.29, 0.717) is 5.65 Å². The minimum atomic E-state index is -0.488. The lowest BCUT2D eigenvalue weighted by Crippen LogP contribution is -2.39. The second kappa shape index (κ2) is 4.74. The predicted molar refractivity (Wildman–Crippen MR) is 66.6 cm³/mol. The van der Waals surface area contributed by atoms with Crippen LogP contribution in [-0.4, -0.2) is 24.2 Å². The summed E-state index contributed by atoms with van der Waals surface area (Å²) < 4.78 is 2.35. The molecule has 0 bridgehead atoms. The van der Waals surface area contributed by atoms with Gasteiger partial charge in [0.05, 0.1) is 19.1 Å². The van der Waals surface area contributed by atoms with E-state index >= 15 is 0 Å². The number of hydrogen-bond acceptors (Lipinski definition) is 4. The molecule has 2 heterocycles. The van der Waals surface area contributed by atoms with Crippen molar-refractivity contribution in [2.75, 3.05) is 0 Å². The number of fused-ring (bicyclic) bond motifs is 1. The molecule has 0 amide bonds. The molecule has 0 aliphatic heterocycles. The number of allylic oxidation sites excluding steroid dienone is 2. The molecule has 0 aliphatic rings. The molecule has 7 heteroatoms. The molecule has 94 valence electrons. The molecule has 2 aromatic heterocycles. The Labute approximate surface area is 101 Å². The Bertz CT molecular complexity index is 720. The number of aliphatic hydroxyl groups excluding tert-OH is 1. The van der Waals surface area contributed by atoms with Crippen LogP contribution in [0.4, 0.5) is 0 Å². The molecular formula is C11H12N4O3. The molecule has 0 fully saturated rings.